The van der Waals surface area contributed by atoms with Crippen molar-refractivity contribution >= 4 is 51.1 Å². The largest absolute Gasteiger partial charge is 0.481 e. The number of carboxylic acid groups (broad SMARTS) is 1. The molecule has 1 aromatic heterocycles. The normalized spacial score (nSPS) is 20.0. The Labute approximate surface area is 471 Å². The molecule has 2 rings (SSSR count). The van der Waals surface area contributed by atoms with Crippen LogP contribution in [-0.2, 0) is 51.1 Å². The summed E-state index contributed by atoms with van der Waals surface area (Å²) in [7, 11) is -11.1. The lowest BCUT2D eigenvalue weighted by molar-refractivity contribution is -0.161. The minimum absolute atomic E-state index is 0.0510. The molecule has 1 saturated heterocycles. The summed E-state index contributed by atoms with van der Waals surface area (Å²) >= 11 is 1.12. The van der Waals surface area contributed by atoms with E-state index in [1.54, 1.807) is 18.2 Å². The van der Waals surface area contributed by atoms with Crippen molar-refractivity contribution in [3.8, 4) is 0 Å². The molecule has 0 amide bonds. The molecule has 452 valence electrons. The maximum atomic E-state index is 13.2. The second-order valence-electron chi connectivity index (χ2n) is 20.1. The number of nitrogens with two attached hydrogens (primary N) is 2. The number of unbranched alkanes of at least 4 members (excludes halogenated alkanes) is 15. The molecular weight excluding hydrogens is 1090 g/mol. The molecule has 10 N–H and O–H groups in total. The van der Waals surface area contributed by atoms with E-state index in [-0.39, 0.29) is 37.3 Å². The Hall–Kier alpha value is -3.54. The van der Waals surface area contributed by atoms with Gasteiger partial charge in [0.25, 0.3) is 0 Å². The lowest BCUT2D eigenvalue weighted by Gasteiger charge is -2.23. The Morgan fingerprint density at radius 2 is 1.44 bits per heavy atom. The molecule has 1 fully saturated rings. The number of nitrogens with zero attached hydrogens (tertiary/aromatic N) is 2. The highest BCUT2D eigenvalue weighted by atomic mass is 32.2. The number of hydrogen-bond donors (Lipinski definition) is 8. The zero-order chi connectivity index (χ0) is 58.5. The van der Waals surface area contributed by atoms with E-state index in [1.165, 1.54) is 70.3 Å². The van der Waals surface area contributed by atoms with E-state index >= 15 is 0 Å². The third kappa shape index (κ3) is 33.9. The summed E-state index contributed by atoms with van der Waals surface area (Å²) in [5.41, 5.74) is 10.8. The molecular formula is C54H92N4O18P2S. The molecule has 0 radical (unpaired) electrons. The molecule has 2 heterocycles. The van der Waals surface area contributed by atoms with Gasteiger partial charge in [-0.05, 0) is 50.5 Å². The van der Waals surface area contributed by atoms with Gasteiger partial charge in [0.2, 0.25) is 0 Å². The number of nitrogen functional groups attached to an aromatic ring is 1. The maximum absolute atomic E-state index is 13.2. The molecule has 1 aliphatic rings. The molecule has 22 nitrogen and oxygen atoms in total. The number of rotatable bonds is 46. The van der Waals surface area contributed by atoms with Gasteiger partial charge in [-0.1, -0.05) is 166 Å². The van der Waals surface area contributed by atoms with E-state index in [0.29, 0.717) is 6.42 Å². The number of phosphoric ester groups is 2. The zero-order valence-electron chi connectivity index (χ0n) is 46.5. The molecule has 0 bridgehead atoms. The van der Waals surface area contributed by atoms with Crippen molar-refractivity contribution in [2.45, 2.75) is 216 Å². The Bertz CT molecular complexity index is 2160. The van der Waals surface area contributed by atoms with Crippen molar-refractivity contribution in [3.63, 3.8) is 0 Å². The SMILES string of the molecule is CCCCC/C=C\C\C=C/C=C/C=C/[C@@H](SC[C@H](N)C(=O)OC[C@H](COP(=O)(O)OP(=O)(O)OC[C@H]1O[C@@H](n2ccc(N)nc2=O)[C@H](O)[C@@H]1O)OC(=O)CCCCCCCCCCCCCCCC(C)C)[C@@H](O)CCCC(=O)O. The van der Waals surface area contributed by atoms with Gasteiger partial charge in [-0.2, -0.15) is 9.29 Å². The van der Waals surface area contributed by atoms with Crippen LogP contribution in [0.25, 0.3) is 0 Å². The molecule has 25 heteroatoms. The topological polar surface area (TPSA) is 349 Å². The second-order valence-corrected chi connectivity index (χ2v) is 24.4. The van der Waals surface area contributed by atoms with Crippen molar-refractivity contribution in [3.05, 3.63) is 71.4 Å². The van der Waals surface area contributed by atoms with E-state index in [1.807, 2.05) is 18.2 Å². The molecule has 0 aromatic carbocycles. The fourth-order valence-corrected chi connectivity index (χ4v) is 11.4. The summed E-state index contributed by atoms with van der Waals surface area (Å²) < 4.78 is 57.1. The van der Waals surface area contributed by atoms with E-state index < -0.39 is 107 Å². The molecule has 1 aliphatic heterocycles. The third-order valence-corrected chi connectivity index (χ3v) is 16.6. The number of phosphoric acid groups is 2. The van der Waals surface area contributed by atoms with Crippen LogP contribution in [0, 0.1) is 5.92 Å². The third-order valence-electron chi connectivity index (χ3n) is 12.6. The van der Waals surface area contributed by atoms with E-state index in [2.05, 4.69) is 42.2 Å². The van der Waals surface area contributed by atoms with Gasteiger partial charge in [-0.25, -0.2) is 13.9 Å². The van der Waals surface area contributed by atoms with Crippen molar-refractivity contribution in [2.24, 2.45) is 11.7 Å². The average Bonchev–Trinajstić information content (AvgIpc) is 3.69. The average molecular weight is 1180 g/mol. The fraction of sp³-hybridized carbons (Fsp3) is 0.722. The predicted molar refractivity (Wildman–Crippen MR) is 303 cm³/mol. The molecule has 10 atom stereocenters. The Kier molecular flexibility index (Phi) is 37.5. The number of anilines is 1. The molecule has 2 unspecified atom stereocenters. The number of carboxylic acids is 1. The molecule has 1 aromatic rings. The minimum Gasteiger partial charge on any atom is -0.481 e. The van der Waals surface area contributed by atoms with Crippen LogP contribution in [-0.4, -0.2) is 125 Å². The van der Waals surface area contributed by atoms with Gasteiger partial charge >= 0.3 is 39.2 Å². The smallest absolute Gasteiger partial charge is 0.481 e. The first-order valence-electron chi connectivity index (χ1n) is 27.9. The first-order valence-corrected chi connectivity index (χ1v) is 32.0. The molecule has 0 saturated carbocycles. The van der Waals surface area contributed by atoms with Crippen LogP contribution in [0.5, 0.6) is 0 Å². The van der Waals surface area contributed by atoms with Crippen molar-refractivity contribution < 1.29 is 81.3 Å². The monoisotopic (exact) mass is 1180 g/mol. The van der Waals surface area contributed by atoms with E-state index in [9.17, 15) is 53.4 Å². The van der Waals surface area contributed by atoms with Gasteiger partial charge in [0.05, 0.1) is 19.3 Å². The van der Waals surface area contributed by atoms with Gasteiger partial charge in [0.15, 0.2) is 12.3 Å². The number of aliphatic hydroxyl groups is 3. The molecule has 0 spiro atoms. The summed E-state index contributed by atoms with van der Waals surface area (Å²) in [6, 6.07) is -0.0717. The lowest BCUT2D eigenvalue weighted by atomic mass is 10.0. The quantitative estimate of drug-likeness (QED) is 0.00992. The second kappa shape index (κ2) is 41.4. The summed E-state index contributed by atoms with van der Waals surface area (Å²) in [4.78, 5) is 74.1. The Morgan fingerprint density at radius 1 is 0.810 bits per heavy atom. The van der Waals surface area contributed by atoms with E-state index in [4.69, 9.17) is 39.8 Å². The van der Waals surface area contributed by atoms with Crippen LogP contribution in [0.15, 0.2) is 65.7 Å². The number of allylic oxidation sites excluding steroid dienone is 7. The van der Waals surface area contributed by atoms with Crippen LogP contribution in [0.1, 0.15) is 175 Å². The number of esters is 2. The van der Waals surface area contributed by atoms with Crippen LogP contribution in [0.2, 0.25) is 0 Å². The van der Waals surface area contributed by atoms with E-state index in [0.717, 1.165) is 79.8 Å². The van der Waals surface area contributed by atoms with Crippen molar-refractivity contribution in [1.82, 2.24) is 9.55 Å². The predicted octanol–water partition coefficient (Wildman–Crippen LogP) is 8.90. The summed E-state index contributed by atoms with van der Waals surface area (Å²) in [6.07, 6.45) is 28.1. The standard InChI is InChI=1S/C54H92N4O18P2S/c1-4-5-6-7-8-9-10-15-18-21-24-27-32-46(44(59)31-29-33-48(60)61)79-40-43(55)53(65)71-37-42(74-49(62)34-28-25-22-19-16-13-11-12-14-17-20-23-26-30-41(2)3)38-72-77(67,68)76-78(69,70)73-39-45-50(63)51(64)52(75-45)58-36-35-47(56)57-54(58)66/h8-9,15,18,21,24,27,32,35-36,41-46,50-52,59,63-64H,4-7,10-14,16-17,19-20,22-23,25-26,28-31,33-34,37-40,55H2,1-3H3,(H,60,61)(H,67,68)(H,69,70)(H2,56,57,66)/b9-8-,18-15-,24-21+,32-27+/t42-,43+,44+,45-,46-,50-,51-,52-/m1/s1. The maximum Gasteiger partial charge on any atom is 0.481 e. The molecule has 79 heavy (non-hydrogen) atoms. The highest BCUT2D eigenvalue weighted by Crippen LogP contribution is 2.60. The van der Waals surface area contributed by atoms with Crippen LogP contribution >= 0.6 is 27.4 Å². The first-order chi connectivity index (χ1) is 37.6. The lowest BCUT2D eigenvalue weighted by Crippen LogP contribution is -2.38. The summed E-state index contributed by atoms with van der Waals surface area (Å²) in [5.74, 6) is -2.19. The number of carbonyl (C=O) groups is 3. The number of aromatic nitrogens is 2. The van der Waals surface area contributed by atoms with Gasteiger partial charge in [0.1, 0.15) is 36.8 Å². The van der Waals surface area contributed by atoms with Gasteiger partial charge < -0.3 is 55.9 Å². The van der Waals surface area contributed by atoms with Crippen molar-refractivity contribution in [1.29, 1.82) is 0 Å². The first kappa shape index (κ1) is 71.6. The highest BCUT2D eigenvalue weighted by molar-refractivity contribution is 8.00. The minimum atomic E-state index is -5.55. The van der Waals surface area contributed by atoms with Crippen molar-refractivity contribution in [2.75, 3.05) is 31.3 Å². The van der Waals surface area contributed by atoms with Crippen LogP contribution in [0.3, 0.4) is 0 Å². The summed E-state index contributed by atoms with van der Waals surface area (Å²) in [5, 5.41) is 40.5. The number of aliphatic hydroxyl groups excluding tert-OH is 3. The Balaban J connectivity index is 2.03. The van der Waals surface area contributed by atoms with Crippen LogP contribution in [0.4, 0.5) is 5.82 Å². The number of ether oxygens (including phenoxy) is 3. The highest BCUT2D eigenvalue weighted by Gasteiger charge is 2.46. The zero-order valence-corrected chi connectivity index (χ0v) is 49.1. The number of thioether (sulfide) groups is 1. The Morgan fingerprint density at radius 3 is 2.08 bits per heavy atom. The number of aliphatic carboxylic acids is 1. The number of hydrogen-bond acceptors (Lipinski definition) is 19. The van der Waals surface area contributed by atoms with Gasteiger partial charge in [0, 0.05) is 30.0 Å². The van der Waals surface area contributed by atoms with Gasteiger partial charge in [-0.15, -0.1) is 11.8 Å². The molecule has 0 aliphatic carbocycles. The number of carbonyl (C=O) groups excluding carboxylic acids is 2. The summed E-state index contributed by atoms with van der Waals surface area (Å²) in [6.45, 7) is 3.94. The van der Waals surface area contributed by atoms with Crippen LogP contribution < -0.4 is 17.2 Å². The van der Waals surface area contributed by atoms with Gasteiger partial charge in [-0.3, -0.25) is 28.0 Å². The fourth-order valence-electron chi connectivity index (χ4n) is 8.12.